The molecule has 1 amide bonds. The molecular weight excluding hydrogens is 306 g/mol. The molecule has 2 atom stereocenters. The molecule has 1 aliphatic heterocycles. The predicted octanol–water partition coefficient (Wildman–Crippen LogP) is 2.29. The van der Waals surface area contributed by atoms with Crippen molar-refractivity contribution < 1.29 is 19.4 Å². The molecule has 0 saturated heterocycles. The van der Waals surface area contributed by atoms with Crippen molar-refractivity contribution in [2.75, 3.05) is 13.2 Å². The summed E-state index contributed by atoms with van der Waals surface area (Å²) in [7, 11) is 0. The van der Waals surface area contributed by atoms with Crippen LogP contribution in [0.3, 0.4) is 0 Å². The molecule has 0 fully saturated rings. The number of carbonyl (C=O) groups is 2. The Balaban J connectivity index is 1.70. The largest absolute Gasteiger partial charge is 0.481 e. The first-order valence-corrected chi connectivity index (χ1v) is 7.91. The van der Waals surface area contributed by atoms with Gasteiger partial charge in [0.05, 0.1) is 12.5 Å². The number of rotatable bonds is 5. The Morgan fingerprint density at radius 1 is 1.12 bits per heavy atom. The number of benzene rings is 2. The van der Waals surface area contributed by atoms with Crippen molar-refractivity contribution >= 4 is 11.9 Å². The number of carboxylic acids is 1. The molecule has 2 aromatic rings. The van der Waals surface area contributed by atoms with Crippen molar-refractivity contribution in [3.05, 3.63) is 71.3 Å². The van der Waals surface area contributed by atoms with Crippen LogP contribution >= 0.6 is 0 Å². The Hall–Kier alpha value is -2.66. The van der Waals surface area contributed by atoms with Gasteiger partial charge in [-0.2, -0.15) is 0 Å². The van der Waals surface area contributed by atoms with Gasteiger partial charge in [-0.15, -0.1) is 0 Å². The van der Waals surface area contributed by atoms with Crippen LogP contribution in [0.1, 0.15) is 28.7 Å². The van der Waals surface area contributed by atoms with Gasteiger partial charge in [0.2, 0.25) is 0 Å². The Kier molecular flexibility index (Phi) is 4.91. The molecule has 5 heteroatoms. The molecule has 5 nitrogen and oxygen atoms in total. The molecule has 0 aromatic heterocycles. The third kappa shape index (κ3) is 3.46. The quantitative estimate of drug-likeness (QED) is 0.884. The number of carboxylic acid groups (broad SMARTS) is 1. The van der Waals surface area contributed by atoms with Crippen molar-refractivity contribution in [2.24, 2.45) is 0 Å². The minimum Gasteiger partial charge on any atom is -0.481 e. The van der Waals surface area contributed by atoms with Crippen LogP contribution in [0.4, 0.5) is 0 Å². The maximum atomic E-state index is 12.5. The van der Waals surface area contributed by atoms with E-state index in [1.165, 1.54) is 0 Å². The summed E-state index contributed by atoms with van der Waals surface area (Å²) in [6.45, 7) is 0.510. The van der Waals surface area contributed by atoms with Gasteiger partial charge in [0.25, 0.3) is 5.91 Å². The summed E-state index contributed by atoms with van der Waals surface area (Å²) in [6.07, 6.45) is 0.0991. The molecule has 1 heterocycles. The lowest BCUT2D eigenvalue weighted by Gasteiger charge is -2.25. The lowest BCUT2D eigenvalue weighted by molar-refractivity contribution is -0.139. The van der Waals surface area contributed by atoms with Gasteiger partial charge in [0.15, 0.2) is 6.10 Å². The fourth-order valence-electron chi connectivity index (χ4n) is 2.94. The van der Waals surface area contributed by atoms with Crippen LogP contribution in [0.15, 0.2) is 54.6 Å². The summed E-state index contributed by atoms with van der Waals surface area (Å²) in [5.74, 6) is -2.05. The van der Waals surface area contributed by atoms with E-state index in [4.69, 9.17) is 4.74 Å². The van der Waals surface area contributed by atoms with E-state index < -0.39 is 18.0 Å². The van der Waals surface area contributed by atoms with Gasteiger partial charge in [0, 0.05) is 6.54 Å². The summed E-state index contributed by atoms with van der Waals surface area (Å²) >= 11 is 0. The first kappa shape index (κ1) is 16.2. The summed E-state index contributed by atoms with van der Waals surface area (Å²) in [6, 6.07) is 16.6. The molecule has 0 saturated carbocycles. The number of fused-ring (bicyclic) bond motifs is 1. The lowest BCUT2D eigenvalue weighted by Crippen LogP contribution is -2.37. The molecule has 24 heavy (non-hydrogen) atoms. The molecular formula is C19H19NO4. The van der Waals surface area contributed by atoms with Crippen LogP contribution in [-0.2, 0) is 20.7 Å². The second kappa shape index (κ2) is 7.27. The third-order valence-corrected chi connectivity index (χ3v) is 4.21. The molecule has 0 radical (unpaired) electrons. The molecule has 0 spiro atoms. The molecule has 2 unspecified atom stereocenters. The highest BCUT2D eigenvalue weighted by Crippen LogP contribution is 2.27. The number of hydrogen-bond acceptors (Lipinski definition) is 3. The Bertz CT molecular complexity index is 729. The summed E-state index contributed by atoms with van der Waals surface area (Å²) in [5, 5.41) is 12.2. The molecule has 0 aliphatic carbocycles. The van der Waals surface area contributed by atoms with Crippen LogP contribution in [-0.4, -0.2) is 30.1 Å². The zero-order valence-electron chi connectivity index (χ0n) is 13.1. The number of amides is 1. The minimum absolute atomic E-state index is 0.0280. The van der Waals surface area contributed by atoms with Crippen molar-refractivity contribution in [1.82, 2.24) is 5.32 Å². The van der Waals surface area contributed by atoms with E-state index in [0.29, 0.717) is 12.2 Å². The van der Waals surface area contributed by atoms with E-state index in [1.54, 1.807) is 24.3 Å². The zero-order chi connectivity index (χ0) is 16.9. The van der Waals surface area contributed by atoms with E-state index >= 15 is 0 Å². The van der Waals surface area contributed by atoms with Crippen molar-refractivity contribution in [1.29, 1.82) is 0 Å². The fourth-order valence-corrected chi connectivity index (χ4v) is 2.94. The van der Waals surface area contributed by atoms with Gasteiger partial charge in [-0.3, -0.25) is 9.59 Å². The normalized spacial score (nSPS) is 17.6. The topological polar surface area (TPSA) is 75.6 Å². The van der Waals surface area contributed by atoms with Crippen LogP contribution in [0.25, 0.3) is 0 Å². The van der Waals surface area contributed by atoms with Crippen LogP contribution in [0.5, 0.6) is 0 Å². The predicted molar refractivity (Wildman–Crippen MR) is 88.7 cm³/mol. The Morgan fingerprint density at radius 2 is 1.83 bits per heavy atom. The van der Waals surface area contributed by atoms with Crippen molar-refractivity contribution in [2.45, 2.75) is 18.4 Å². The number of ether oxygens (including phenoxy) is 1. The second-order valence-corrected chi connectivity index (χ2v) is 5.75. The van der Waals surface area contributed by atoms with Crippen molar-refractivity contribution in [3.8, 4) is 0 Å². The second-order valence-electron chi connectivity index (χ2n) is 5.75. The SMILES string of the molecule is O=C(O)C(CNC(=O)C1OCCc2ccccc21)c1ccccc1. The van der Waals surface area contributed by atoms with Gasteiger partial charge in [-0.1, -0.05) is 54.6 Å². The molecule has 2 aromatic carbocycles. The van der Waals surface area contributed by atoms with E-state index in [0.717, 1.165) is 17.5 Å². The summed E-state index contributed by atoms with van der Waals surface area (Å²) in [4.78, 5) is 24.0. The number of nitrogens with one attached hydrogen (secondary N) is 1. The first-order valence-electron chi connectivity index (χ1n) is 7.91. The molecule has 1 aliphatic rings. The standard InChI is InChI=1S/C19H19NO4/c21-18(17-15-9-5-4-8-14(15)10-11-24-17)20-12-16(19(22)23)13-6-2-1-3-7-13/h1-9,16-17H,10-12H2,(H,20,21)(H,22,23). The summed E-state index contributed by atoms with van der Waals surface area (Å²) in [5.41, 5.74) is 2.62. The number of aliphatic carboxylic acids is 1. The molecule has 0 bridgehead atoms. The average molecular weight is 325 g/mol. The molecule has 3 rings (SSSR count). The third-order valence-electron chi connectivity index (χ3n) is 4.21. The van der Waals surface area contributed by atoms with E-state index in [2.05, 4.69) is 5.32 Å². The Labute approximate surface area is 140 Å². The van der Waals surface area contributed by atoms with Gasteiger partial charge < -0.3 is 15.2 Å². The number of carbonyl (C=O) groups excluding carboxylic acids is 1. The highest BCUT2D eigenvalue weighted by Gasteiger charge is 2.28. The first-order chi connectivity index (χ1) is 11.7. The van der Waals surface area contributed by atoms with E-state index in [1.807, 2.05) is 30.3 Å². The maximum absolute atomic E-state index is 12.5. The average Bonchev–Trinajstić information content (AvgIpc) is 2.62. The van der Waals surface area contributed by atoms with Gasteiger partial charge >= 0.3 is 5.97 Å². The minimum atomic E-state index is -0.966. The fraction of sp³-hybridized carbons (Fsp3) is 0.263. The highest BCUT2D eigenvalue weighted by atomic mass is 16.5. The van der Waals surface area contributed by atoms with Crippen LogP contribution in [0.2, 0.25) is 0 Å². The highest BCUT2D eigenvalue weighted by molar-refractivity contribution is 5.84. The van der Waals surface area contributed by atoms with Crippen molar-refractivity contribution in [3.63, 3.8) is 0 Å². The lowest BCUT2D eigenvalue weighted by atomic mass is 9.96. The van der Waals surface area contributed by atoms with Gasteiger partial charge in [-0.25, -0.2) is 0 Å². The summed E-state index contributed by atoms with van der Waals surface area (Å²) < 4.78 is 5.61. The monoisotopic (exact) mass is 325 g/mol. The Morgan fingerprint density at radius 3 is 2.58 bits per heavy atom. The number of hydrogen-bond donors (Lipinski definition) is 2. The van der Waals surface area contributed by atoms with E-state index in [-0.39, 0.29) is 12.5 Å². The van der Waals surface area contributed by atoms with Crippen LogP contribution < -0.4 is 5.32 Å². The van der Waals surface area contributed by atoms with E-state index in [9.17, 15) is 14.7 Å². The maximum Gasteiger partial charge on any atom is 0.312 e. The zero-order valence-corrected chi connectivity index (χ0v) is 13.1. The van der Waals surface area contributed by atoms with Gasteiger partial charge in [0.1, 0.15) is 0 Å². The molecule has 2 N–H and O–H groups in total. The smallest absolute Gasteiger partial charge is 0.312 e. The molecule has 124 valence electrons. The van der Waals surface area contributed by atoms with Crippen LogP contribution in [0, 0.1) is 0 Å². The van der Waals surface area contributed by atoms with Gasteiger partial charge in [-0.05, 0) is 23.1 Å².